The second-order valence-electron chi connectivity index (χ2n) is 15.9. The van der Waals surface area contributed by atoms with Crippen LogP contribution in [0.25, 0.3) is 10.8 Å². The molecule has 1 aliphatic heterocycles. The van der Waals surface area contributed by atoms with Crippen LogP contribution in [0.2, 0.25) is 0 Å². The minimum absolute atomic E-state index is 0. The van der Waals surface area contributed by atoms with Gasteiger partial charge in [0.25, 0.3) is 0 Å². The van der Waals surface area contributed by atoms with Crippen molar-refractivity contribution >= 4 is 129 Å². The zero-order valence-corrected chi connectivity index (χ0v) is 44.9. The van der Waals surface area contributed by atoms with Crippen LogP contribution in [0.3, 0.4) is 0 Å². The number of rotatable bonds is 6. The molecule has 1 heterocycles. The van der Waals surface area contributed by atoms with Crippen molar-refractivity contribution in [3.63, 3.8) is 0 Å². The van der Waals surface area contributed by atoms with Gasteiger partial charge in [-0.25, -0.2) is 9.98 Å². The molecular weight excluding hydrogens is 1210 g/mol. The molecule has 1 aliphatic carbocycles. The molecule has 13 heteroatoms. The van der Waals surface area contributed by atoms with Crippen LogP contribution in [-0.2, 0) is 16.5 Å². The number of hydrogen-bond acceptors (Lipinski definition) is 6. The Morgan fingerprint density at radius 1 is 0.426 bits per heavy atom. The fraction of sp³-hybridized carbons (Fsp3) is 0.250. The summed E-state index contributed by atoms with van der Waals surface area (Å²) in [7, 11) is 0. The van der Waals surface area contributed by atoms with Crippen LogP contribution in [0.4, 0.5) is 11.4 Å². The second-order valence-corrected chi connectivity index (χ2v) is 20.6. The number of ether oxygens (including phenoxy) is 2. The van der Waals surface area contributed by atoms with E-state index in [4.69, 9.17) is 19.5 Å². The molecule has 318 valence electrons. The number of benzene rings is 6. The Kier molecular flexibility index (Phi) is 15.2. The van der Waals surface area contributed by atoms with Gasteiger partial charge in [0.2, 0.25) is 0 Å². The minimum atomic E-state index is -0.705. The van der Waals surface area contributed by atoms with Crippen molar-refractivity contribution in [2.75, 3.05) is 0 Å². The van der Waals surface area contributed by atoms with Crippen molar-refractivity contribution in [2.45, 2.75) is 79.1 Å². The van der Waals surface area contributed by atoms with E-state index in [0.717, 1.165) is 22.8 Å². The molecule has 2 aliphatic rings. The number of hydrogen-bond donors (Lipinski definition) is 0. The number of para-hydroxylation sites is 2. The van der Waals surface area contributed by atoms with Crippen LogP contribution < -0.4 is 19.7 Å². The molecule has 6 nitrogen and oxygen atoms in total. The van der Waals surface area contributed by atoms with E-state index in [1.54, 1.807) is 0 Å². The zero-order chi connectivity index (χ0) is 43.5. The molecule has 0 amide bonds. The topological polar surface area (TPSA) is 89.3 Å². The van der Waals surface area contributed by atoms with Crippen LogP contribution in [0.1, 0.15) is 112 Å². The van der Waals surface area contributed by atoms with E-state index in [9.17, 15) is 10.2 Å². The van der Waals surface area contributed by atoms with Crippen LogP contribution in [0, 0.1) is 0 Å². The molecule has 6 aromatic carbocycles. The van der Waals surface area contributed by atoms with Gasteiger partial charge in [-0.3, -0.25) is 0 Å². The first-order valence-corrected chi connectivity index (χ1v) is 24.3. The van der Waals surface area contributed by atoms with Crippen LogP contribution in [0.5, 0.6) is 34.5 Å². The molecule has 0 aromatic heterocycles. The zero-order valence-electron chi connectivity index (χ0n) is 34.3. The van der Waals surface area contributed by atoms with Crippen molar-refractivity contribution in [3.05, 3.63) is 133 Å². The summed E-state index contributed by atoms with van der Waals surface area (Å²) in [6.07, 6.45) is 0. The molecule has 0 N–H and O–H groups in total. The van der Waals surface area contributed by atoms with E-state index in [-0.39, 0.29) is 36.9 Å². The SMILES string of the molecule is CC(C)c1cccc(C(C)C)c1N=C1C(=Nc2c(C(C)C)cccc2C(C)C)c2cccc3cccc1c23.[Ni+2].[O-]c1c([O-])c(Br)c2c(c1Br)Oc1c(Br)c(Br)c(Br)c(Br)c1O2. The third-order valence-corrected chi connectivity index (χ3v) is 16.7. The molecule has 8 rings (SSSR count). The molecule has 0 fully saturated rings. The van der Waals surface area contributed by atoms with Crippen molar-refractivity contribution < 1.29 is 36.2 Å². The molecule has 61 heavy (non-hydrogen) atoms. The molecule has 0 saturated carbocycles. The largest absolute Gasteiger partial charge is 2.00 e. The standard InChI is InChI=1S/C36H40N2.C12H2Br6O4.Ni/c1-21(2)26-15-11-16-27(22(3)4)33(26)37-35-30-19-9-13-25-14-10-20-31(32(25)30)36(35)38-34-28(23(5)6)17-12-18-29(34)24(7)8;13-1-2(14)4(16)10-9(3(1)15)21-11-5(17)7(19)8(20)6(18)12(11)22-10;/h9-24H,1-8H3;19-20H;/q;;+2/p-2. The number of fused-ring (bicyclic) bond motifs is 2. The summed E-state index contributed by atoms with van der Waals surface area (Å²) in [6, 6.07) is 26.5. The second kappa shape index (κ2) is 19.3. The first-order valence-electron chi connectivity index (χ1n) is 19.5. The summed E-state index contributed by atoms with van der Waals surface area (Å²) >= 11 is 19.8. The van der Waals surface area contributed by atoms with Gasteiger partial charge in [0, 0.05) is 16.5 Å². The van der Waals surface area contributed by atoms with Gasteiger partial charge in [-0.05, 0) is 147 Å². The average Bonchev–Trinajstić information content (AvgIpc) is 3.52. The third-order valence-electron chi connectivity index (χ3n) is 10.6. The number of halogens is 6. The quantitative estimate of drug-likeness (QED) is 0.0942. The molecule has 0 radical (unpaired) electrons. The van der Waals surface area contributed by atoms with Gasteiger partial charge in [0.1, 0.15) is 0 Å². The molecule has 0 bridgehead atoms. The monoisotopic (exact) mass is 1240 g/mol. The Morgan fingerprint density at radius 2 is 0.721 bits per heavy atom. The Bertz CT molecular complexity index is 2480. The van der Waals surface area contributed by atoms with E-state index in [1.807, 2.05) is 0 Å². The Hall–Kier alpha value is -2.51. The molecular formula is C48H40Br6N2NiO4. The number of nitrogens with zero attached hydrogens (tertiary/aromatic N) is 2. The molecule has 0 unspecified atom stereocenters. The first-order chi connectivity index (χ1) is 28.4. The van der Waals surface area contributed by atoms with Gasteiger partial charge in [0.15, 0.2) is 23.0 Å². The summed E-state index contributed by atoms with van der Waals surface area (Å²) in [5, 5.41) is 26.3. The first kappa shape index (κ1) is 48.0. The van der Waals surface area contributed by atoms with E-state index < -0.39 is 11.5 Å². The fourth-order valence-corrected chi connectivity index (χ4v) is 10.6. The minimum Gasteiger partial charge on any atom is -0.872 e. The van der Waals surface area contributed by atoms with E-state index in [1.165, 1.54) is 44.2 Å². The van der Waals surface area contributed by atoms with Crippen molar-refractivity contribution in [2.24, 2.45) is 9.98 Å². The maximum absolute atomic E-state index is 11.9. The van der Waals surface area contributed by atoms with E-state index in [0.29, 0.717) is 53.1 Å². The van der Waals surface area contributed by atoms with E-state index >= 15 is 0 Å². The van der Waals surface area contributed by atoms with Gasteiger partial charge in [-0.2, -0.15) is 0 Å². The van der Waals surface area contributed by atoms with Crippen LogP contribution >= 0.6 is 95.6 Å². The van der Waals surface area contributed by atoms with Crippen molar-refractivity contribution in [1.82, 2.24) is 0 Å². The summed E-state index contributed by atoms with van der Waals surface area (Å²) in [5.74, 6) is 1.14. The van der Waals surface area contributed by atoms with Crippen LogP contribution in [-0.4, -0.2) is 11.4 Å². The molecule has 0 atom stereocenters. The molecule has 6 aromatic rings. The average molecular weight is 1250 g/mol. The van der Waals surface area contributed by atoms with Gasteiger partial charge >= 0.3 is 16.5 Å². The number of aliphatic imine (C=N–C) groups is 2. The van der Waals surface area contributed by atoms with Crippen molar-refractivity contribution in [1.29, 1.82) is 0 Å². The Balaban J connectivity index is 0.000000230. The smallest absolute Gasteiger partial charge is 0.872 e. The fourth-order valence-electron chi connectivity index (χ4n) is 7.49. The normalized spacial score (nSPS) is 14.0. The van der Waals surface area contributed by atoms with Crippen molar-refractivity contribution in [3.8, 4) is 34.5 Å². The van der Waals surface area contributed by atoms with Gasteiger partial charge in [-0.15, -0.1) is 0 Å². The van der Waals surface area contributed by atoms with Crippen LogP contribution in [0.15, 0.2) is 110 Å². The summed E-state index contributed by atoms with van der Waals surface area (Å²) in [5.41, 5.74) is 11.7. The summed E-state index contributed by atoms with van der Waals surface area (Å²) in [4.78, 5) is 11.1. The summed E-state index contributed by atoms with van der Waals surface area (Å²) < 4.78 is 14.3. The maximum atomic E-state index is 11.9. The van der Waals surface area contributed by atoms with E-state index in [2.05, 4.69) is 224 Å². The summed E-state index contributed by atoms with van der Waals surface area (Å²) in [6.45, 7) is 18.1. The third kappa shape index (κ3) is 8.84. The predicted octanol–water partition coefficient (Wildman–Crippen LogP) is 16.9. The Morgan fingerprint density at radius 3 is 1.03 bits per heavy atom. The predicted molar refractivity (Wildman–Crippen MR) is 264 cm³/mol. The maximum Gasteiger partial charge on any atom is 2.00 e. The Labute approximate surface area is 417 Å². The molecule has 0 spiro atoms. The van der Waals surface area contributed by atoms with Gasteiger partial charge in [-0.1, -0.05) is 140 Å². The van der Waals surface area contributed by atoms with Gasteiger partial charge < -0.3 is 19.7 Å². The van der Waals surface area contributed by atoms with Gasteiger partial charge in [0.05, 0.1) is 49.6 Å². The molecule has 0 saturated heterocycles.